The average Bonchev–Trinajstić information content (AvgIpc) is 2.74. The number of allylic oxidation sites excluding steroid dienone is 6. The zero-order chi connectivity index (χ0) is 23.5. The standard InChI is InChI=1S/C22H38BrN3O2.C2H6/c1-8-11-17(4)20(23)14-13-18(5)21(25-24-6)19(12-9-2)16-28-22(27)26(7)15-10-3;1-2/h11,13-14,24-25H,8-10,12,15-16H2,1-7H3;1-2H3/b17-11+,18-13+,20-14+,21-19+;. The summed E-state index contributed by atoms with van der Waals surface area (Å²) < 4.78 is 6.60. The summed E-state index contributed by atoms with van der Waals surface area (Å²) in [7, 11) is 3.60. The lowest BCUT2D eigenvalue weighted by Gasteiger charge is -2.20. The third-order valence-corrected chi connectivity index (χ3v) is 5.05. The van der Waals surface area contributed by atoms with Crippen LogP contribution in [0.3, 0.4) is 0 Å². The predicted octanol–water partition coefficient (Wildman–Crippen LogP) is 6.85. The first kappa shape index (κ1) is 30.7. The van der Waals surface area contributed by atoms with E-state index >= 15 is 0 Å². The minimum atomic E-state index is -0.288. The molecule has 0 aromatic heterocycles. The maximum atomic E-state index is 12.2. The van der Waals surface area contributed by atoms with Crippen LogP contribution in [-0.2, 0) is 4.74 Å². The fraction of sp³-hybridized carbons (Fsp3) is 0.625. The third kappa shape index (κ3) is 12.9. The molecule has 0 rings (SSSR count). The van der Waals surface area contributed by atoms with Crippen LogP contribution >= 0.6 is 15.9 Å². The second-order valence-corrected chi connectivity index (χ2v) is 7.59. The van der Waals surface area contributed by atoms with Gasteiger partial charge in [0.05, 0.1) is 5.70 Å². The van der Waals surface area contributed by atoms with Crippen LogP contribution in [0.1, 0.15) is 74.1 Å². The highest BCUT2D eigenvalue weighted by Crippen LogP contribution is 2.21. The minimum Gasteiger partial charge on any atom is -0.445 e. The molecule has 0 aliphatic carbocycles. The van der Waals surface area contributed by atoms with E-state index in [0.717, 1.165) is 47.0 Å². The van der Waals surface area contributed by atoms with Crippen LogP contribution < -0.4 is 10.9 Å². The SMILES string of the molecule is CC.CC/C=C(C)/C(Br)=C\C=C(C)\C(NNC)=C(\CCC)COC(=O)N(C)CCC. The van der Waals surface area contributed by atoms with E-state index in [4.69, 9.17) is 4.74 Å². The third-order valence-electron chi connectivity index (χ3n) is 4.16. The molecule has 0 aliphatic heterocycles. The molecule has 0 heterocycles. The van der Waals surface area contributed by atoms with Gasteiger partial charge in [-0.1, -0.05) is 69.1 Å². The van der Waals surface area contributed by atoms with Crippen molar-refractivity contribution in [1.29, 1.82) is 0 Å². The van der Waals surface area contributed by atoms with Gasteiger partial charge in [0.15, 0.2) is 0 Å². The summed E-state index contributed by atoms with van der Waals surface area (Å²) in [5, 5.41) is 0. The molecule has 1 amide bonds. The number of halogens is 1. The number of hydrogen-bond donors (Lipinski definition) is 2. The second kappa shape index (κ2) is 19.4. The van der Waals surface area contributed by atoms with Gasteiger partial charge in [-0.05, 0) is 55.9 Å². The Kier molecular flexibility index (Phi) is 19.9. The molecule has 0 fully saturated rings. The van der Waals surface area contributed by atoms with Crippen molar-refractivity contribution in [2.24, 2.45) is 0 Å². The number of amides is 1. The highest BCUT2D eigenvalue weighted by Gasteiger charge is 2.13. The van der Waals surface area contributed by atoms with E-state index in [0.29, 0.717) is 6.54 Å². The quantitative estimate of drug-likeness (QED) is 0.234. The molecule has 0 aliphatic rings. The van der Waals surface area contributed by atoms with E-state index in [1.807, 2.05) is 27.8 Å². The van der Waals surface area contributed by atoms with Gasteiger partial charge in [0.25, 0.3) is 0 Å². The van der Waals surface area contributed by atoms with Gasteiger partial charge in [0.2, 0.25) is 0 Å². The predicted molar refractivity (Wildman–Crippen MR) is 135 cm³/mol. The van der Waals surface area contributed by atoms with Crippen LogP contribution in [0.25, 0.3) is 0 Å². The first-order chi connectivity index (χ1) is 14.3. The van der Waals surface area contributed by atoms with Crippen LogP contribution in [0.2, 0.25) is 0 Å². The molecule has 0 radical (unpaired) electrons. The van der Waals surface area contributed by atoms with Crippen LogP contribution in [0.4, 0.5) is 4.79 Å². The Bertz CT molecular complexity index is 608. The maximum absolute atomic E-state index is 12.2. The fourth-order valence-corrected chi connectivity index (χ4v) is 2.96. The number of ether oxygens (including phenoxy) is 1. The van der Waals surface area contributed by atoms with Crippen LogP contribution in [0.15, 0.2) is 45.1 Å². The Morgan fingerprint density at radius 2 is 1.70 bits per heavy atom. The van der Waals surface area contributed by atoms with Gasteiger partial charge >= 0.3 is 6.09 Å². The Balaban J connectivity index is 0. The number of rotatable bonds is 12. The van der Waals surface area contributed by atoms with Gasteiger partial charge in [-0.3, -0.25) is 0 Å². The van der Waals surface area contributed by atoms with Gasteiger partial charge in [-0.2, -0.15) is 0 Å². The van der Waals surface area contributed by atoms with E-state index in [1.165, 1.54) is 5.57 Å². The average molecular weight is 487 g/mol. The summed E-state index contributed by atoms with van der Waals surface area (Å²) in [6.45, 7) is 15.4. The van der Waals surface area contributed by atoms with Crippen molar-refractivity contribution in [2.75, 3.05) is 27.2 Å². The Morgan fingerprint density at radius 1 is 1.07 bits per heavy atom. The molecule has 0 spiro atoms. The molecule has 0 saturated heterocycles. The monoisotopic (exact) mass is 485 g/mol. The van der Waals surface area contributed by atoms with Crippen molar-refractivity contribution in [1.82, 2.24) is 15.8 Å². The van der Waals surface area contributed by atoms with Gasteiger partial charge < -0.3 is 15.1 Å². The highest BCUT2D eigenvalue weighted by molar-refractivity contribution is 9.12. The molecular formula is C24H44BrN3O2. The summed E-state index contributed by atoms with van der Waals surface area (Å²) in [5.41, 5.74) is 10.5. The first-order valence-corrected chi connectivity index (χ1v) is 11.9. The Labute approximate surface area is 193 Å². The number of nitrogens with zero attached hydrogens (tertiary/aromatic N) is 1. The lowest BCUT2D eigenvalue weighted by Crippen LogP contribution is -2.31. The molecule has 174 valence electrons. The van der Waals surface area contributed by atoms with Crippen molar-refractivity contribution in [3.8, 4) is 0 Å². The summed E-state index contributed by atoms with van der Waals surface area (Å²) in [5.74, 6) is 0. The van der Waals surface area contributed by atoms with Crippen LogP contribution in [0, 0.1) is 0 Å². The first-order valence-electron chi connectivity index (χ1n) is 11.1. The van der Waals surface area contributed by atoms with Crippen molar-refractivity contribution in [3.63, 3.8) is 0 Å². The molecule has 0 saturated carbocycles. The molecule has 2 N–H and O–H groups in total. The summed E-state index contributed by atoms with van der Waals surface area (Å²) in [6, 6.07) is 0. The largest absolute Gasteiger partial charge is 0.445 e. The maximum Gasteiger partial charge on any atom is 0.409 e. The molecule has 0 aromatic carbocycles. The second-order valence-electron chi connectivity index (χ2n) is 6.74. The number of hydrogen-bond acceptors (Lipinski definition) is 4. The number of hydrazine groups is 1. The number of nitrogens with one attached hydrogen (secondary N) is 2. The molecule has 6 heteroatoms. The molecule has 0 atom stereocenters. The van der Waals surface area contributed by atoms with Crippen LogP contribution in [0.5, 0.6) is 0 Å². The highest BCUT2D eigenvalue weighted by atomic mass is 79.9. The minimum absolute atomic E-state index is 0.273. The zero-order valence-corrected chi connectivity index (χ0v) is 22.2. The lowest BCUT2D eigenvalue weighted by molar-refractivity contribution is 0.118. The van der Waals surface area contributed by atoms with E-state index in [-0.39, 0.29) is 12.7 Å². The molecule has 0 unspecified atom stereocenters. The normalized spacial score (nSPS) is 13.2. The van der Waals surface area contributed by atoms with E-state index in [1.54, 1.807) is 11.9 Å². The van der Waals surface area contributed by atoms with E-state index in [2.05, 4.69) is 72.7 Å². The summed E-state index contributed by atoms with van der Waals surface area (Å²) in [4.78, 5) is 13.8. The zero-order valence-electron chi connectivity index (χ0n) is 20.6. The summed E-state index contributed by atoms with van der Waals surface area (Å²) in [6.07, 6.45) is 9.74. The summed E-state index contributed by atoms with van der Waals surface area (Å²) >= 11 is 3.63. The van der Waals surface area contributed by atoms with Crippen molar-refractivity contribution >= 4 is 22.0 Å². The number of carbonyl (C=O) groups excluding carboxylic acids is 1. The van der Waals surface area contributed by atoms with Crippen molar-refractivity contribution < 1.29 is 9.53 Å². The van der Waals surface area contributed by atoms with Crippen molar-refractivity contribution in [2.45, 2.75) is 74.1 Å². The smallest absolute Gasteiger partial charge is 0.409 e. The Morgan fingerprint density at radius 3 is 2.20 bits per heavy atom. The fourth-order valence-electron chi connectivity index (χ4n) is 2.66. The van der Waals surface area contributed by atoms with Gasteiger partial charge in [0.1, 0.15) is 6.61 Å². The van der Waals surface area contributed by atoms with Gasteiger partial charge in [-0.25, -0.2) is 10.2 Å². The molecule has 0 aromatic rings. The molecule has 30 heavy (non-hydrogen) atoms. The van der Waals surface area contributed by atoms with Crippen molar-refractivity contribution in [3.05, 3.63) is 45.1 Å². The molecule has 5 nitrogen and oxygen atoms in total. The van der Waals surface area contributed by atoms with Gasteiger partial charge in [0, 0.05) is 25.1 Å². The van der Waals surface area contributed by atoms with Gasteiger partial charge in [-0.15, -0.1) is 0 Å². The van der Waals surface area contributed by atoms with E-state index in [9.17, 15) is 4.79 Å². The lowest BCUT2D eigenvalue weighted by atomic mass is 10.0. The van der Waals surface area contributed by atoms with Crippen LogP contribution in [-0.4, -0.2) is 38.2 Å². The molecule has 0 bridgehead atoms. The van der Waals surface area contributed by atoms with E-state index < -0.39 is 0 Å². The Hall–Kier alpha value is -1.53. The number of carbonyl (C=O) groups is 1. The molecular weight excluding hydrogens is 442 g/mol. The topological polar surface area (TPSA) is 53.6 Å².